The van der Waals surface area contributed by atoms with Crippen LogP contribution in [0.25, 0.3) is 0 Å². The summed E-state index contributed by atoms with van der Waals surface area (Å²) in [5.74, 6) is -0.566. The van der Waals surface area contributed by atoms with E-state index in [1.165, 1.54) is 19.1 Å². The van der Waals surface area contributed by atoms with Crippen LogP contribution in [0.15, 0.2) is 24.3 Å². The van der Waals surface area contributed by atoms with Crippen molar-refractivity contribution < 1.29 is 27.9 Å². The van der Waals surface area contributed by atoms with Gasteiger partial charge in [-0.05, 0) is 12.1 Å². The molecule has 7 heteroatoms. The van der Waals surface area contributed by atoms with Crippen LogP contribution in [0.4, 0.5) is 0 Å². The molecule has 1 aromatic carbocycles. The third kappa shape index (κ3) is 3.04. The summed E-state index contributed by atoms with van der Waals surface area (Å²) in [4.78, 5) is 22.9. The molecule has 0 aromatic heterocycles. The Balaban J connectivity index is 3.21. The van der Waals surface area contributed by atoms with E-state index in [2.05, 4.69) is 9.05 Å². The second-order valence-electron chi connectivity index (χ2n) is 3.26. The van der Waals surface area contributed by atoms with Gasteiger partial charge in [-0.25, -0.2) is 0 Å². The minimum atomic E-state index is -3.89. The second kappa shape index (κ2) is 5.91. The number of rotatable bonds is 5. The third-order valence-corrected chi connectivity index (χ3v) is 3.80. The minimum Gasteiger partial charge on any atom is -0.426 e. The van der Waals surface area contributed by atoms with E-state index in [9.17, 15) is 14.2 Å². The summed E-state index contributed by atoms with van der Waals surface area (Å²) in [5, 5.41) is 0. The summed E-state index contributed by atoms with van der Waals surface area (Å²) in [6.45, 7) is 1.20. The highest BCUT2D eigenvalue weighted by Gasteiger charge is 2.35. The van der Waals surface area contributed by atoms with Gasteiger partial charge in [-0.15, -0.1) is 0 Å². The molecule has 6 nitrogen and oxygen atoms in total. The van der Waals surface area contributed by atoms with Crippen LogP contribution in [0.2, 0.25) is 0 Å². The molecule has 1 rings (SSSR count). The van der Waals surface area contributed by atoms with Crippen molar-refractivity contribution in [3.05, 3.63) is 29.8 Å². The van der Waals surface area contributed by atoms with Crippen LogP contribution < -0.4 is 4.74 Å². The molecular formula is C11H13O6P. The van der Waals surface area contributed by atoms with Gasteiger partial charge in [0.2, 0.25) is 0 Å². The molecule has 18 heavy (non-hydrogen) atoms. The van der Waals surface area contributed by atoms with Gasteiger partial charge in [0.15, 0.2) is 0 Å². The summed E-state index contributed by atoms with van der Waals surface area (Å²) < 4.78 is 26.0. The van der Waals surface area contributed by atoms with Gasteiger partial charge in [-0.2, -0.15) is 0 Å². The Bertz CT molecular complexity index is 502. The summed E-state index contributed by atoms with van der Waals surface area (Å²) in [6.07, 6.45) is 0. The van der Waals surface area contributed by atoms with E-state index >= 15 is 0 Å². The molecule has 1 aromatic rings. The van der Waals surface area contributed by atoms with E-state index in [4.69, 9.17) is 4.74 Å². The molecule has 98 valence electrons. The standard InChI is InChI=1S/C11H13O6P/c1-8(12)17-10-7-5-4-6-9(10)11(13)18(14,15-2)16-3/h4-7H,1-3H3. The molecule has 0 aliphatic carbocycles. The van der Waals surface area contributed by atoms with E-state index in [-0.39, 0.29) is 11.3 Å². The summed E-state index contributed by atoms with van der Waals surface area (Å²) in [6, 6.07) is 5.94. The molecule has 0 heterocycles. The first-order valence-electron chi connectivity index (χ1n) is 4.98. The number of carbonyl (C=O) groups excluding carboxylic acids is 2. The van der Waals surface area contributed by atoms with Crippen LogP contribution in [0, 0.1) is 0 Å². The average Bonchev–Trinajstić information content (AvgIpc) is 2.37. The fourth-order valence-electron chi connectivity index (χ4n) is 1.28. The first-order valence-corrected chi connectivity index (χ1v) is 6.52. The Hall–Kier alpha value is -1.49. The fraction of sp³-hybridized carbons (Fsp3) is 0.273. The summed E-state index contributed by atoms with van der Waals surface area (Å²) in [7, 11) is -1.68. The normalized spacial score (nSPS) is 11.1. The molecule has 0 radical (unpaired) electrons. The predicted octanol–water partition coefficient (Wildman–Crippen LogP) is 2.24. The molecule has 0 saturated heterocycles. The van der Waals surface area contributed by atoms with Gasteiger partial charge >= 0.3 is 13.6 Å². The van der Waals surface area contributed by atoms with Crippen LogP contribution in [-0.2, 0) is 18.4 Å². The largest absolute Gasteiger partial charge is 0.426 e. The maximum absolute atomic E-state index is 12.0. The number of benzene rings is 1. The molecule has 0 spiro atoms. The Labute approximate surface area is 104 Å². The SMILES string of the molecule is COP(=O)(OC)C(=O)c1ccccc1OC(C)=O. The molecule has 0 saturated carbocycles. The molecular weight excluding hydrogens is 259 g/mol. The highest BCUT2D eigenvalue weighted by molar-refractivity contribution is 7.72. The summed E-state index contributed by atoms with van der Waals surface area (Å²) >= 11 is 0. The molecule has 0 aliphatic rings. The average molecular weight is 272 g/mol. The quantitative estimate of drug-likeness (QED) is 0.464. The van der Waals surface area contributed by atoms with Crippen molar-refractivity contribution in [2.24, 2.45) is 0 Å². The molecule has 0 bridgehead atoms. The van der Waals surface area contributed by atoms with Crippen LogP contribution >= 0.6 is 7.60 Å². The van der Waals surface area contributed by atoms with Crippen LogP contribution in [0.5, 0.6) is 5.75 Å². The minimum absolute atomic E-state index is 0.0179. The van der Waals surface area contributed by atoms with Gasteiger partial charge in [0, 0.05) is 21.1 Å². The van der Waals surface area contributed by atoms with Crippen molar-refractivity contribution >= 4 is 19.1 Å². The lowest BCUT2D eigenvalue weighted by Gasteiger charge is -2.13. The predicted molar refractivity (Wildman–Crippen MR) is 63.7 cm³/mol. The smallest absolute Gasteiger partial charge is 0.401 e. The highest BCUT2D eigenvalue weighted by atomic mass is 31.2. The first kappa shape index (κ1) is 14.6. The van der Waals surface area contributed by atoms with Gasteiger partial charge in [-0.3, -0.25) is 14.2 Å². The van der Waals surface area contributed by atoms with Crippen molar-refractivity contribution in [1.29, 1.82) is 0 Å². The van der Waals surface area contributed by atoms with E-state index in [0.29, 0.717) is 0 Å². The zero-order chi connectivity index (χ0) is 13.8. The van der Waals surface area contributed by atoms with E-state index in [1.54, 1.807) is 12.1 Å². The molecule has 0 atom stereocenters. The Morgan fingerprint density at radius 3 is 2.17 bits per heavy atom. The highest BCUT2D eigenvalue weighted by Crippen LogP contribution is 2.50. The topological polar surface area (TPSA) is 78.9 Å². The van der Waals surface area contributed by atoms with E-state index in [1.807, 2.05) is 0 Å². The van der Waals surface area contributed by atoms with Gasteiger partial charge in [0.05, 0.1) is 5.56 Å². The lowest BCUT2D eigenvalue weighted by Crippen LogP contribution is -2.09. The van der Waals surface area contributed by atoms with Gasteiger partial charge in [0.25, 0.3) is 5.52 Å². The van der Waals surface area contributed by atoms with Crippen molar-refractivity contribution in [1.82, 2.24) is 0 Å². The van der Waals surface area contributed by atoms with Gasteiger partial charge in [-0.1, -0.05) is 12.1 Å². The fourth-order valence-corrected chi connectivity index (χ4v) is 2.24. The Kier molecular flexibility index (Phi) is 4.78. The number of ether oxygens (including phenoxy) is 1. The Morgan fingerprint density at radius 2 is 1.67 bits per heavy atom. The maximum Gasteiger partial charge on any atom is 0.401 e. The molecule has 0 aliphatic heterocycles. The molecule has 0 unspecified atom stereocenters. The molecule has 0 fully saturated rings. The van der Waals surface area contributed by atoms with Crippen LogP contribution in [0.1, 0.15) is 17.3 Å². The maximum atomic E-state index is 12.0. The van der Waals surface area contributed by atoms with Gasteiger partial charge < -0.3 is 13.8 Å². The lowest BCUT2D eigenvalue weighted by molar-refractivity contribution is -0.131. The zero-order valence-electron chi connectivity index (χ0n) is 10.2. The van der Waals surface area contributed by atoms with E-state index < -0.39 is 19.1 Å². The number of hydrogen-bond donors (Lipinski definition) is 0. The zero-order valence-corrected chi connectivity index (χ0v) is 11.1. The Morgan fingerprint density at radius 1 is 1.11 bits per heavy atom. The molecule has 0 amide bonds. The van der Waals surface area contributed by atoms with Gasteiger partial charge in [0.1, 0.15) is 5.75 Å². The number of carbonyl (C=O) groups is 2. The number of hydrogen-bond acceptors (Lipinski definition) is 6. The van der Waals surface area contributed by atoms with E-state index in [0.717, 1.165) is 14.2 Å². The van der Waals surface area contributed by atoms with Crippen molar-refractivity contribution in [3.8, 4) is 5.75 Å². The number of esters is 1. The van der Waals surface area contributed by atoms with Crippen molar-refractivity contribution in [2.75, 3.05) is 14.2 Å². The lowest BCUT2D eigenvalue weighted by atomic mass is 10.2. The monoisotopic (exact) mass is 272 g/mol. The number of para-hydroxylation sites is 1. The first-order chi connectivity index (χ1) is 8.44. The van der Waals surface area contributed by atoms with Crippen LogP contribution in [0.3, 0.4) is 0 Å². The summed E-state index contributed by atoms with van der Waals surface area (Å²) in [5.41, 5.74) is -0.885. The van der Waals surface area contributed by atoms with Crippen molar-refractivity contribution in [3.63, 3.8) is 0 Å². The molecule has 0 N–H and O–H groups in total. The van der Waals surface area contributed by atoms with Crippen LogP contribution in [-0.4, -0.2) is 25.7 Å². The second-order valence-corrected chi connectivity index (χ2v) is 5.39. The third-order valence-electron chi connectivity index (χ3n) is 2.10. The van der Waals surface area contributed by atoms with Crippen molar-refractivity contribution in [2.45, 2.75) is 6.92 Å².